The molecule has 23 heavy (non-hydrogen) atoms. The second-order valence-corrected chi connectivity index (χ2v) is 7.41. The Labute approximate surface area is 134 Å². The van der Waals surface area contributed by atoms with Gasteiger partial charge in [0.1, 0.15) is 6.20 Å². The summed E-state index contributed by atoms with van der Waals surface area (Å²) in [6.07, 6.45) is 7.49. The fourth-order valence-corrected chi connectivity index (χ4v) is 5.25. The first-order chi connectivity index (χ1) is 11.0. The van der Waals surface area contributed by atoms with E-state index in [1.807, 2.05) is 6.92 Å². The van der Waals surface area contributed by atoms with Gasteiger partial charge in [0.15, 0.2) is 0 Å². The first-order valence-corrected chi connectivity index (χ1v) is 8.57. The molecule has 0 atom stereocenters. The van der Waals surface area contributed by atoms with Gasteiger partial charge in [-0.15, -0.1) is 0 Å². The molecule has 5 rings (SSSR count). The van der Waals surface area contributed by atoms with Crippen molar-refractivity contribution >= 4 is 11.6 Å². The van der Waals surface area contributed by atoms with Crippen LogP contribution in [0.3, 0.4) is 0 Å². The van der Waals surface area contributed by atoms with Gasteiger partial charge >= 0.3 is 5.69 Å². The first-order valence-electron chi connectivity index (χ1n) is 8.57. The number of aromatic nitrogens is 2. The van der Waals surface area contributed by atoms with E-state index >= 15 is 0 Å². The van der Waals surface area contributed by atoms with Gasteiger partial charge in [-0.3, -0.25) is 19.6 Å². The Morgan fingerprint density at radius 1 is 1.30 bits per heavy atom. The third-order valence-electron chi connectivity index (χ3n) is 6.00. The molecule has 4 bridgehead atoms. The van der Waals surface area contributed by atoms with Crippen molar-refractivity contribution in [2.24, 2.45) is 23.7 Å². The Balaban J connectivity index is 1.54. The molecule has 7 nitrogen and oxygen atoms in total. The molecule has 4 fully saturated rings. The molecule has 0 aromatic carbocycles. The molecule has 124 valence electrons. The number of hydrogen-bond donors (Lipinski definition) is 1. The molecular formula is C16H22N4O3. The number of rotatable bonds is 4. The summed E-state index contributed by atoms with van der Waals surface area (Å²) in [5, 5.41) is 18.4. The van der Waals surface area contributed by atoms with Gasteiger partial charge in [-0.2, -0.15) is 5.10 Å². The van der Waals surface area contributed by atoms with Crippen LogP contribution in [0.4, 0.5) is 5.69 Å². The van der Waals surface area contributed by atoms with Crippen molar-refractivity contribution in [3.05, 3.63) is 22.0 Å². The number of nitrogens with zero attached hydrogens (tertiary/aromatic N) is 3. The van der Waals surface area contributed by atoms with E-state index in [1.165, 1.54) is 43.0 Å². The van der Waals surface area contributed by atoms with Crippen molar-refractivity contribution in [3.63, 3.8) is 0 Å². The van der Waals surface area contributed by atoms with Crippen LogP contribution in [0, 0.1) is 33.8 Å². The summed E-state index contributed by atoms with van der Waals surface area (Å²) in [5.41, 5.74) is -0.251. The van der Waals surface area contributed by atoms with Gasteiger partial charge < -0.3 is 5.32 Å². The molecule has 4 aliphatic rings. The molecule has 1 N–H and O–H groups in total. The predicted molar refractivity (Wildman–Crippen MR) is 82.9 cm³/mol. The van der Waals surface area contributed by atoms with E-state index in [-0.39, 0.29) is 23.3 Å². The lowest BCUT2D eigenvalue weighted by Crippen LogP contribution is -2.55. The number of nitrogens with one attached hydrogen (secondary N) is 1. The molecule has 0 saturated heterocycles. The second-order valence-electron chi connectivity index (χ2n) is 7.41. The molecule has 1 aromatic rings. The van der Waals surface area contributed by atoms with Crippen LogP contribution in [0.25, 0.3) is 0 Å². The fourth-order valence-electron chi connectivity index (χ4n) is 5.25. The lowest BCUT2D eigenvalue weighted by atomic mass is 9.54. The van der Waals surface area contributed by atoms with Crippen molar-refractivity contribution in [1.82, 2.24) is 15.1 Å². The average Bonchev–Trinajstić information content (AvgIpc) is 2.94. The largest absolute Gasteiger partial charge is 0.347 e. The minimum atomic E-state index is -0.523. The highest BCUT2D eigenvalue weighted by atomic mass is 16.6. The standard InChI is InChI=1S/C16H22N4O3/c1-2-19-8-13(20(22)23)15(18-19)16(21)17-14-11-4-9-3-10(6-11)7-12(14)5-9/h8-12,14H,2-7H2,1H3,(H,17,21). The van der Waals surface area contributed by atoms with Crippen LogP contribution in [-0.4, -0.2) is 26.7 Å². The van der Waals surface area contributed by atoms with Crippen molar-refractivity contribution in [1.29, 1.82) is 0 Å². The van der Waals surface area contributed by atoms with Gasteiger partial charge in [-0.25, -0.2) is 0 Å². The Kier molecular flexibility index (Phi) is 3.39. The van der Waals surface area contributed by atoms with Crippen molar-refractivity contribution in [2.45, 2.75) is 51.6 Å². The fraction of sp³-hybridized carbons (Fsp3) is 0.750. The monoisotopic (exact) mass is 318 g/mol. The van der Waals surface area contributed by atoms with E-state index in [9.17, 15) is 14.9 Å². The molecule has 0 spiro atoms. The maximum absolute atomic E-state index is 12.6. The number of carbonyl (C=O) groups excluding carboxylic acids is 1. The zero-order valence-corrected chi connectivity index (χ0v) is 13.3. The third-order valence-corrected chi connectivity index (χ3v) is 6.00. The maximum atomic E-state index is 12.6. The van der Waals surface area contributed by atoms with Gasteiger partial charge in [-0.1, -0.05) is 0 Å². The Bertz CT molecular complexity index is 626. The van der Waals surface area contributed by atoms with Gasteiger partial charge in [0.25, 0.3) is 5.91 Å². The zero-order chi connectivity index (χ0) is 16.1. The molecular weight excluding hydrogens is 296 g/mol. The first kappa shape index (κ1) is 14.7. The highest BCUT2D eigenvalue weighted by molar-refractivity contribution is 5.96. The van der Waals surface area contributed by atoms with E-state index < -0.39 is 4.92 Å². The number of carbonyl (C=O) groups is 1. The number of aryl methyl sites for hydroxylation is 1. The predicted octanol–water partition coefficient (Wildman–Crippen LogP) is 2.37. The van der Waals surface area contributed by atoms with Crippen molar-refractivity contribution in [2.75, 3.05) is 0 Å². The minimum Gasteiger partial charge on any atom is -0.347 e. The van der Waals surface area contributed by atoms with Crippen LogP contribution in [-0.2, 0) is 6.54 Å². The maximum Gasteiger partial charge on any atom is 0.320 e. The highest BCUT2D eigenvalue weighted by Gasteiger charge is 2.49. The minimum absolute atomic E-state index is 0.0503. The Morgan fingerprint density at radius 3 is 2.43 bits per heavy atom. The van der Waals surface area contributed by atoms with Gasteiger partial charge in [0.05, 0.1) is 4.92 Å². The summed E-state index contributed by atoms with van der Waals surface area (Å²) in [5.74, 6) is 2.37. The number of amides is 1. The molecule has 1 amide bonds. The van der Waals surface area contributed by atoms with Crippen molar-refractivity contribution < 1.29 is 9.72 Å². The molecule has 0 radical (unpaired) electrons. The van der Waals surface area contributed by atoms with Gasteiger partial charge in [0, 0.05) is 12.6 Å². The van der Waals surface area contributed by atoms with Crippen molar-refractivity contribution in [3.8, 4) is 0 Å². The van der Waals surface area contributed by atoms with E-state index in [0.717, 1.165) is 11.8 Å². The van der Waals surface area contributed by atoms with E-state index in [2.05, 4.69) is 10.4 Å². The summed E-state index contributed by atoms with van der Waals surface area (Å²) in [6.45, 7) is 2.35. The van der Waals surface area contributed by atoms with E-state index in [4.69, 9.17) is 0 Å². The summed E-state index contributed by atoms with van der Waals surface area (Å²) < 4.78 is 1.45. The van der Waals surface area contributed by atoms with Crippen LogP contribution in [0.1, 0.15) is 49.5 Å². The lowest BCUT2D eigenvalue weighted by Gasteiger charge is -2.54. The van der Waals surface area contributed by atoms with Gasteiger partial charge in [-0.05, 0) is 62.7 Å². The van der Waals surface area contributed by atoms with Crippen LogP contribution in [0.15, 0.2) is 6.20 Å². The van der Waals surface area contributed by atoms with Crippen LogP contribution < -0.4 is 5.32 Å². The van der Waals surface area contributed by atoms with Crippen LogP contribution in [0.5, 0.6) is 0 Å². The van der Waals surface area contributed by atoms with E-state index in [0.29, 0.717) is 18.4 Å². The zero-order valence-electron chi connectivity index (χ0n) is 13.3. The molecule has 1 heterocycles. The molecule has 4 saturated carbocycles. The lowest BCUT2D eigenvalue weighted by molar-refractivity contribution is -0.385. The normalized spacial score (nSPS) is 34.6. The Morgan fingerprint density at radius 2 is 1.91 bits per heavy atom. The van der Waals surface area contributed by atoms with Gasteiger partial charge in [0.2, 0.25) is 5.69 Å². The smallest absolute Gasteiger partial charge is 0.320 e. The molecule has 4 aliphatic carbocycles. The third kappa shape index (κ3) is 2.42. The van der Waals surface area contributed by atoms with E-state index in [1.54, 1.807) is 0 Å². The highest BCUT2D eigenvalue weighted by Crippen LogP contribution is 2.53. The average molecular weight is 318 g/mol. The summed E-state index contributed by atoms with van der Waals surface area (Å²) in [7, 11) is 0. The summed E-state index contributed by atoms with van der Waals surface area (Å²) in [4.78, 5) is 23.2. The molecule has 0 aliphatic heterocycles. The molecule has 7 heteroatoms. The quantitative estimate of drug-likeness (QED) is 0.681. The second kappa shape index (κ2) is 5.32. The molecule has 1 aromatic heterocycles. The SMILES string of the molecule is CCn1cc([N+](=O)[O-])c(C(=O)NC2C3CC4CC(C3)CC2C4)n1. The molecule has 0 unspecified atom stereocenters. The number of nitro groups is 1. The topological polar surface area (TPSA) is 90.1 Å². The summed E-state index contributed by atoms with van der Waals surface area (Å²) >= 11 is 0. The number of hydrogen-bond acceptors (Lipinski definition) is 4. The van der Waals surface area contributed by atoms with Crippen LogP contribution in [0.2, 0.25) is 0 Å². The summed E-state index contributed by atoms with van der Waals surface area (Å²) in [6, 6.07) is 0.168. The van der Waals surface area contributed by atoms with Crippen LogP contribution >= 0.6 is 0 Å². The Hall–Kier alpha value is -1.92.